The maximum absolute atomic E-state index is 5.84. The molecule has 0 amide bonds. The second-order valence-corrected chi connectivity index (χ2v) is 2.44. The lowest BCUT2D eigenvalue weighted by atomic mass is 10.3. The highest BCUT2D eigenvalue weighted by molar-refractivity contribution is 6.35. The molecule has 12 heavy (non-hydrogen) atoms. The predicted octanol–water partition coefficient (Wildman–Crippen LogP) is 3.24. The molecule has 0 bridgehead atoms. The Bertz CT molecular complexity index is 354. The van der Waals surface area contributed by atoms with Crippen molar-refractivity contribution in [3.8, 4) is 0 Å². The molecule has 0 saturated carbocycles. The summed E-state index contributed by atoms with van der Waals surface area (Å²) in [6.07, 6.45) is 3.50. The number of pyridine rings is 1. The molecule has 2 rings (SSSR count). The lowest BCUT2D eigenvalue weighted by molar-refractivity contribution is 1.33. The van der Waals surface area contributed by atoms with Gasteiger partial charge < -0.3 is 4.98 Å². The van der Waals surface area contributed by atoms with Gasteiger partial charge in [0.05, 0.1) is 5.02 Å². The fourth-order valence-electron chi connectivity index (χ4n) is 0.927. The number of H-pyrrole nitrogens is 1. The highest BCUT2D eigenvalue weighted by atomic mass is 35.5. The van der Waals surface area contributed by atoms with E-state index in [2.05, 4.69) is 9.97 Å². The summed E-state index contributed by atoms with van der Waals surface area (Å²) >= 11 is 5.84. The highest BCUT2D eigenvalue weighted by Crippen LogP contribution is 2.19. The van der Waals surface area contributed by atoms with Crippen molar-refractivity contribution in [2.75, 3.05) is 0 Å². The van der Waals surface area contributed by atoms with Crippen LogP contribution in [-0.4, -0.2) is 9.97 Å². The number of aromatic nitrogens is 2. The Labute approximate surface area is 76.6 Å². The Morgan fingerprint density at radius 1 is 1.33 bits per heavy atom. The normalized spacial score (nSPS) is 9.25. The summed E-state index contributed by atoms with van der Waals surface area (Å²) in [5.41, 5.74) is 0.840. The zero-order valence-corrected chi connectivity index (χ0v) is 7.89. The minimum Gasteiger partial charge on any atom is -0.346 e. The maximum Gasteiger partial charge on any atom is 0.138 e. The van der Waals surface area contributed by atoms with E-state index in [4.69, 9.17) is 11.6 Å². The first-order chi connectivity index (χ1) is 5.88. The Morgan fingerprint density at radius 2 is 2.08 bits per heavy atom. The van der Waals surface area contributed by atoms with Crippen LogP contribution in [0.5, 0.6) is 0 Å². The van der Waals surface area contributed by atoms with Crippen molar-refractivity contribution in [2.45, 2.75) is 13.8 Å². The standard InChI is InChI=1S/C7H5ClN2.C2H6/c8-6-2-4-10-7-5(6)1-3-9-7;1-2/h1-4H,(H,9,10);1-2H3. The van der Waals surface area contributed by atoms with E-state index >= 15 is 0 Å². The van der Waals surface area contributed by atoms with Gasteiger partial charge in [-0.05, 0) is 12.1 Å². The molecule has 3 heteroatoms. The molecule has 64 valence electrons. The van der Waals surface area contributed by atoms with Crippen LogP contribution in [0, 0.1) is 0 Å². The maximum atomic E-state index is 5.84. The van der Waals surface area contributed by atoms with Gasteiger partial charge in [-0.1, -0.05) is 25.4 Å². The van der Waals surface area contributed by atoms with E-state index in [9.17, 15) is 0 Å². The summed E-state index contributed by atoms with van der Waals surface area (Å²) in [5, 5.41) is 1.72. The van der Waals surface area contributed by atoms with Gasteiger partial charge in [-0.2, -0.15) is 0 Å². The van der Waals surface area contributed by atoms with Gasteiger partial charge >= 0.3 is 0 Å². The smallest absolute Gasteiger partial charge is 0.138 e. The summed E-state index contributed by atoms with van der Waals surface area (Å²) in [5.74, 6) is 0. The molecule has 1 N–H and O–H groups in total. The second kappa shape index (κ2) is 4.12. The van der Waals surface area contributed by atoms with Gasteiger partial charge in [0.1, 0.15) is 5.65 Å². The van der Waals surface area contributed by atoms with Gasteiger partial charge in [0, 0.05) is 17.8 Å². The Morgan fingerprint density at radius 3 is 2.75 bits per heavy atom. The molecule has 0 radical (unpaired) electrons. The highest BCUT2D eigenvalue weighted by Gasteiger charge is 1.97. The molecule has 0 fully saturated rings. The Hall–Kier alpha value is -1.02. The van der Waals surface area contributed by atoms with Crippen molar-refractivity contribution < 1.29 is 0 Å². The first-order valence-corrected chi connectivity index (χ1v) is 4.33. The molecule has 0 atom stereocenters. The predicted molar refractivity (Wildman–Crippen MR) is 52.5 cm³/mol. The van der Waals surface area contributed by atoms with Gasteiger partial charge in [-0.15, -0.1) is 0 Å². The summed E-state index contributed by atoms with van der Waals surface area (Å²) in [6, 6.07) is 3.68. The van der Waals surface area contributed by atoms with Crippen LogP contribution in [0.15, 0.2) is 24.5 Å². The Kier molecular flexibility index (Phi) is 3.11. The molecule has 2 aromatic heterocycles. The summed E-state index contributed by atoms with van der Waals surface area (Å²) < 4.78 is 0. The van der Waals surface area contributed by atoms with E-state index in [1.54, 1.807) is 12.3 Å². The van der Waals surface area contributed by atoms with Gasteiger partial charge in [-0.25, -0.2) is 4.98 Å². The average Bonchev–Trinajstić information content (AvgIpc) is 2.57. The monoisotopic (exact) mass is 182 g/mol. The van der Waals surface area contributed by atoms with E-state index in [1.807, 2.05) is 26.1 Å². The van der Waals surface area contributed by atoms with Crippen LogP contribution < -0.4 is 0 Å². The number of fused-ring (bicyclic) bond motifs is 1. The van der Waals surface area contributed by atoms with E-state index in [0.29, 0.717) is 0 Å². The zero-order chi connectivity index (χ0) is 8.97. The van der Waals surface area contributed by atoms with Gasteiger partial charge in [0.2, 0.25) is 0 Å². The van der Waals surface area contributed by atoms with Crippen LogP contribution in [-0.2, 0) is 0 Å². The molecule has 0 aromatic carbocycles. The second-order valence-electron chi connectivity index (χ2n) is 2.03. The molecule has 0 saturated heterocycles. The van der Waals surface area contributed by atoms with Crippen LogP contribution in [0.25, 0.3) is 11.0 Å². The van der Waals surface area contributed by atoms with E-state index in [1.165, 1.54) is 0 Å². The summed E-state index contributed by atoms with van der Waals surface area (Å²) in [6.45, 7) is 4.00. The lowest BCUT2D eigenvalue weighted by Crippen LogP contribution is -1.73. The number of halogens is 1. The van der Waals surface area contributed by atoms with Crippen molar-refractivity contribution in [2.24, 2.45) is 0 Å². The van der Waals surface area contributed by atoms with Crippen molar-refractivity contribution >= 4 is 22.6 Å². The van der Waals surface area contributed by atoms with Crippen LogP contribution in [0.3, 0.4) is 0 Å². The number of hydrogen-bond donors (Lipinski definition) is 1. The fourth-order valence-corrected chi connectivity index (χ4v) is 1.14. The van der Waals surface area contributed by atoms with E-state index in [0.717, 1.165) is 16.1 Å². The molecule has 0 unspecified atom stereocenters. The minimum atomic E-state index is 0.742. The third kappa shape index (κ3) is 1.59. The molecule has 2 aromatic rings. The van der Waals surface area contributed by atoms with E-state index in [-0.39, 0.29) is 0 Å². The summed E-state index contributed by atoms with van der Waals surface area (Å²) in [4.78, 5) is 7.03. The summed E-state index contributed by atoms with van der Waals surface area (Å²) in [7, 11) is 0. The van der Waals surface area contributed by atoms with E-state index < -0.39 is 0 Å². The molecular weight excluding hydrogens is 172 g/mol. The number of hydrogen-bond acceptors (Lipinski definition) is 1. The van der Waals surface area contributed by atoms with Crippen molar-refractivity contribution in [1.82, 2.24) is 9.97 Å². The molecule has 2 heterocycles. The van der Waals surface area contributed by atoms with Gasteiger partial charge in [0.15, 0.2) is 0 Å². The molecule has 0 aliphatic carbocycles. The molecule has 0 spiro atoms. The van der Waals surface area contributed by atoms with Crippen molar-refractivity contribution in [3.05, 3.63) is 29.5 Å². The zero-order valence-electron chi connectivity index (χ0n) is 7.13. The number of rotatable bonds is 0. The first kappa shape index (κ1) is 9.07. The Balaban J connectivity index is 0.000000336. The molecule has 0 aliphatic heterocycles. The van der Waals surface area contributed by atoms with Crippen LogP contribution in [0.4, 0.5) is 0 Å². The number of nitrogens with zero attached hydrogens (tertiary/aromatic N) is 1. The lowest BCUT2D eigenvalue weighted by Gasteiger charge is -1.89. The fraction of sp³-hybridized carbons (Fsp3) is 0.222. The topological polar surface area (TPSA) is 28.7 Å². The van der Waals surface area contributed by atoms with Crippen molar-refractivity contribution in [3.63, 3.8) is 0 Å². The molecule has 0 aliphatic rings. The average molecular weight is 183 g/mol. The number of nitrogens with one attached hydrogen (secondary N) is 1. The quantitative estimate of drug-likeness (QED) is 0.666. The van der Waals surface area contributed by atoms with Crippen LogP contribution in [0.1, 0.15) is 13.8 Å². The molecular formula is C9H11ClN2. The largest absolute Gasteiger partial charge is 0.346 e. The minimum absolute atomic E-state index is 0.742. The third-order valence-corrected chi connectivity index (χ3v) is 1.74. The van der Waals surface area contributed by atoms with Gasteiger partial charge in [0.25, 0.3) is 0 Å². The molecule has 2 nitrogen and oxygen atoms in total. The third-order valence-electron chi connectivity index (χ3n) is 1.41. The van der Waals surface area contributed by atoms with Gasteiger partial charge in [-0.3, -0.25) is 0 Å². The van der Waals surface area contributed by atoms with Crippen molar-refractivity contribution in [1.29, 1.82) is 0 Å². The SMILES string of the molecule is CC.Clc1ccnc2[nH]ccc12. The number of aromatic amines is 1. The van der Waals surface area contributed by atoms with Crippen LogP contribution in [0.2, 0.25) is 5.02 Å². The first-order valence-electron chi connectivity index (χ1n) is 3.95. The van der Waals surface area contributed by atoms with Crippen LogP contribution >= 0.6 is 11.6 Å².